The van der Waals surface area contributed by atoms with Gasteiger partial charge in [0.2, 0.25) is 0 Å². The standard InChI is InChI=1S/C21H20ClN3O3/c22-17-9-4-8-16(12-17)18(26)24-11-5-10-21(14-24)19(27)25(20(28)23-21)13-15-6-2-1-3-7-15/h1-4,6-9,12H,5,10-11,13-14H2,(H,23,28). The van der Waals surface area contributed by atoms with E-state index in [2.05, 4.69) is 5.32 Å². The van der Waals surface area contributed by atoms with Crippen molar-refractivity contribution in [1.82, 2.24) is 15.1 Å². The second-order valence-corrected chi connectivity index (χ2v) is 7.67. The third kappa shape index (κ3) is 3.36. The van der Waals surface area contributed by atoms with Crippen LogP contribution in [-0.2, 0) is 11.3 Å². The number of nitrogens with one attached hydrogen (secondary N) is 1. The number of benzene rings is 2. The Hall–Kier alpha value is -2.86. The molecule has 2 aromatic rings. The summed E-state index contributed by atoms with van der Waals surface area (Å²) in [6, 6.07) is 15.7. The fourth-order valence-corrected chi connectivity index (χ4v) is 4.09. The lowest BCUT2D eigenvalue weighted by atomic mass is 9.88. The maximum absolute atomic E-state index is 13.1. The Balaban J connectivity index is 1.53. The van der Waals surface area contributed by atoms with Gasteiger partial charge >= 0.3 is 6.03 Å². The average molecular weight is 398 g/mol. The van der Waals surface area contributed by atoms with Crippen LogP contribution in [0.4, 0.5) is 4.79 Å². The van der Waals surface area contributed by atoms with Gasteiger partial charge < -0.3 is 10.2 Å². The van der Waals surface area contributed by atoms with Crippen molar-refractivity contribution in [2.45, 2.75) is 24.9 Å². The SMILES string of the molecule is O=C(c1cccc(Cl)c1)N1CCCC2(C1)NC(=O)N(Cc1ccccc1)C2=O. The second-order valence-electron chi connectivity index (χ2n) is 7.23. The minimum absolute atomic E-state index is 0.161. The molecule has 1 N–H and O–H groups in total. The van der Waals surface area contributed by atoms with Gasteiger partial charge in [0.1, 0.15) is 5.54 Å². The highest BCUT2D eigenvalue weighted by Crippen LogP contribution is 2.30. The van der Waals surface area contributed by atoms with Gasteiger partial charge in [-0.2, -0.15) is 0 Å². The first-order chi connectivity index (χ1) is 13.5. The van der Waals surface area contributed by atoms with Gasteiger partial charge in [-0.3, -0.25) is 14.5 Å². The number of halogens is 1. The van der Waals surface area contributed by atoms with E-state index in [-0.39, 0.29) is 24.9 Å². The monoisotopic (exact) mass is 397 g/mol. The van der Waals surface area contributed by atoms with Crippen LogP contribution in [0.5, 0.6) is 0 Å². The highest BCUT2D eigenvalue weighted by Gasteiger charge is 2.53. The van der Waals surface area contributed by atoms with Crippen LogP contribution in [0.15, 0.2) is 54.6 Å². The van der Waals surface area contributed by atoms with Crippen molar-refractivity contribution >= 4 is 29.4 Å². The second kappa shape index (κ2) is 7.28. The van der Waals surface area contributed by atoms with Crippen molar-refractivity contribution in [2.24, 2.45) is 0 Å². The Kier molecular flexibility index (Phi) is 4.81. The maximum atomic E-state index is 13.1. The van der Waals surface area contributed by atoms with Crippen LogP contribution in [0.25, 0.3) is 0 Å². The van der Waals surface area contributed by atoms with Crippen molar-refractivity contribution in [1.29, 1.82) is 0 Å². The molecular weight excluding hydrogens is 378 g/mol. The number of nitrogens with zero attached hydrogens (tertiary/aromatic N) is 2. The molecule has 6 nitrogen and oxygen atoms in total. The summed E-state index contributed by atoms with van der Waals surface area (Å²) in [4.78, 5) is 41.4. The number of rotatable bonds is 3. The molecule has 1 unspecified atom stereocenters. The van der Waals surface area contributed by atoms with Crippen molar-refractivity contribution in [3.05, 3.63) is 70.7 Å². The van der Waals surface area contributed by atoms with Crippen molar-refractivity contribution < 1.29 is 14.4 Å². The molecule has 0 saturated carbocycles. The van der Waals surface area contributed by atoms with Crippen LogP contribution in [0.1, 0.15) is 28.8 Å². The van der Waals surface area contributed by atoms with Gasteiger partial charge in [0.25, 0.3) is 11.8 Å². The van der Waals surface area contributed by atoms with E-state index in [0.717, 1.165) is 5.56 Å². The summed E-state index contributed by atoms with van der Waals surface area (Å²) < 4.78 is 0. The van der Waals surface area contributed by atoms with Crippen LogP contribution in [0.3, 0.4) is 0 Å². The molecule has 0 aromatic heterocycles. The fourth-order valence-electron chi connectivity index (χ4n) is 3.90. The van der Waals surface area contributed by atoms with E-state index in [1.807, 2.05) is 30.3 Å². The van der Waals surface area contributed by atoms with Gasteiger partial charge in [-0.25, -0.2) is 4.79 Å². The van der Waals surface area contributed by atoms with Gasteiger partial charge in [0.15, 0.2) is 0 Å². The molecule has 0 aliphatic carbocycles. The molecule has 28 heavy (non-hydrogen) atoms. The summed E-state index contributed by atoms with van der Waals surface area (Å²) in [5.74, 6) is -0.463. The van der Waals surface area contributed by atoms with E-state index in [1.54, 1.807) is 29.2 Å². The van der Waals surface area contributed by atoms with Crippen LogP contribution < -0.4 is 5.32 Å². The molecule has 1 spiro atoms. The molecule has 4 rings (SSSR count). The molecule has 0 bridgehead atoms. The molecule has 4 amide bonds. The molecule has 2 aromatic carbocycles. The molecular formula is C21H20ClN3O3. The zero-order valence-electron chi connectivity index (χ0n) is 15.2. The fraction of sp³-hybridized carbons (Fsp3) is 0.286. The molecule has 0 radical (unpaired) electrons. The maximum Gasteiger partial charge on any atom is 0.325 e. The third-order valence-corrected chi connectivity index (χ3v) is 5.52. The number of carbonyl (C=O) groups excluding carboxylic acids is 3. The molecule has 1 atom stereocenters. The van der Waals surface area contributed by atoms with Crippen molar-refractivity contribution in [3.63, 3.8) is 0 Å². The van der Waals surface area contributed by atoms with Gasteiger partial charge in [0.05, 0.1) is 13.1 Å². The van der Waals surface area contributed by atoms with E-state index in [1.165, 1.54) is 4.90 Å². The normalized spacial score (nSPS) is 21.9. The highest BCUT2D eigenvalue weighted by molar-refractivity contribution is 6.31. The van der Waals surface area contributed by atoms with Crippen LogP contribution in [-0.4, -0.2) is 46.3 Å². The van der Waals surface area contributed by atoms with Gasteiger partial charge in [-0.15, -0.1) is 0 Å². The average Bonchev–Trinajstić information content (AvgIpc) is 2.92. The molecule has 7 heteroatoms. The van der Waals surface area contributed by atoms with E-state index in [0.29, 0.717) is 30.0 Å². The van der Waals surface area contributed by atoms with Gasteiger partial charge in [0, 0.05) is 17.1 Å². The summed E-state index contributed by atoms with van der Waals surface area (Å²) in [7, 11) is 0. The topological polar surface area (TPSA) is 69.7 Å². The van der Waals surface area contributed by atoms with E-state index < -0.39 is 11.6 Å². The van der Waals surface area contributed by atoms with E-state index in [4.69, 9.17) is 11.6 Å². The predicted molar refractivity (Wildman–Crippen MR) is 105 cm³/mol. The first-order valence-electron chi connectivity index (χ1n) is 9.21. The Morgan fingerprint density at radius 3 is 2.64 bits per heavy atom. The predicted octanol–water partition coefficient (Wildman–Crippen LogP) is 3.07. The quantitative estimate of drug-likeness (QED) is 0.809. The molecule has 2 aliphatic heterocycles. The molecule has 144 valence electrons. The van der Waals surface area contributed by atoms with Gasteiger partial charge in [-0.1, -0.05) is 48.0 Å². The number of urea groups is 1. The Morgan fingerprint density at radius 2 is 1.89 bits per heavy atom. The number of likely N-dealkylation sites (tertiary alicyclic amines) is 1. The van der Waals surface area contributed by atoms with E-state index >= 15 is 0 Å². The summed E-state index contributed by atoms with van der Waals surface area (Å²) >= 11 is 6.00. The lowest BCUT2D eigenvalue weighted by Crippen LogP contribution is -2.59. The Bertz CT molecular complexity index is 934. The Labute approximate surface area is 168 Å². The minimum atomic E-state index is -1.06. The third-order valence-electron chi connectivity index (χ3n) is 5.28. The summed E-state index contributed by atoms with van der Waals surface area (Å²) in [6.45, 7) is 0.915. The van der Waals surface area contributed by atoms with Crippen molar-refractivity contribution in [2.75, 3.05) is 13.1 Å². The highest BCUT2D eigenvalue weighted by atomic mass is 35.5. The zero-order chi connectivity index (χ0) is 19.7. The van der Waals surface area contributed by atoms with Gasteiger partial charge in [-0.05, 0) is 36.6 Å². The minimum Gasteiger partial charge on any atom is -0.336 e. The number of hydrogen-bond acceptors (Lipinski definition) is 3. The molecule has 2 fully saturated rings. The molecule has 2 aliphatic rings. The first kappa shape index (κ1) is 18.5. The lowest BCUT2D eigenvalue weighted by Gasteiger charge is -2.38. The number of piperidine rings is 1. The lowest BCUT2D eigenvalue weighted by molar-refractivity contribution is -0.133. The number of amides is 4. The largest absolute Gasteiger partial charge is 0.336 e. The number of imide groups is 1. The summed E-state index contributed by atoms with van der Waals surface area (Å²) in [5.41, 5.74) is 0.298. The Morgan fingerprint density at radius 1 is 1.11 bits per heavy atom. The summed E-state index contributed by atoms with van der Waals surface area (Å²) in [5, 5.41) is 3.34. The van der Waals surface area contributed by atoms with Crippen LogP contribution in [0.2, 0.25) is 5.02 Å². The first-order valence-corrected chi connectivity index (χ1v) is 9.59. The number of hydrogen-bond donors (Lipinski definition) is 1. The smallest absolute Gasteiger partial charge is 0.325 e. The molecule has 2 heterocycles. The van der Waals surface area contributed by atoms with Crippen molar-refractivity contribution in [3.8, 4) is 0 Å². The molecule has 2 saturated heterocycles. The zero-order valence-corrected chi connectivity index (χ0v) is 16.0. The number of carbonyl (C=O) groups is 3. The summed E-state index contributed by atoms with van der Waals surface area (Å²) in [6.07, 6.45) is 1.15. The van der Waals surface area contributed by atoms with Crippen LogP contribution >= 0.6 is 11.6 Å². The van der Waals surface area contributed by atoms with Crippen LogP contribution in [0, 0.1) is 0 Å². The van der Waals surface area contributed by atoms with E-state index in [9.17, 15) is 14.4 Å².